The van der Waals surface area contributed by atoms with E-state index in [4.69, 9.17) is 9.84 Å². The van der Waals surface area contributed by atoms with Crippen molar-refractivity contribution in [1.29, 1.82) is 0 Å². The van der Waals surface area contributed by atoms with Crippen molar-refractivity contribution < 1.29 is 9.53 Å². The first-order valence-corrected chi connectivity index (χ1v) is 7.07. The van der Waals surface area contributed by atoms with E-state index in [-0.39, 0.29) is 5.91 Å². The molecule has 5 nitrogen and oxygen atoms in total. The molecule has 0 N–H and O–H groups in total. The molecule has 2 aliphatic heterocycles. The Bertz CT molecular complexity index is 489. The molecule has 1 aromatic rings. The fourth-order valence-corrected chi connectivity index (χ4v) is 3.11. The van der Waals surface area contributed by atoms with E-state index >= 15 is 0 Å². The number of aryl methyl sites for hydroxylation is 1. The molecule has 3 rings (SSSR count). The van der Waals surface area contributed by atoms with Gasteiger partial charge in [-0.15, -0.1) is 0 Å². The Labute approximate surface area is 113 Å². The summed E-state index contributed by atoms with van der Waals surface area (Å²) in [6.45, 7) is 6.90. The lowest BCUT2D eigenvalue weighted by Crippen LogP contribution is -2.35. The fourth-order valence-electron chi connectivity index (χ4n) is 3.11. The van der Waals surface area contributed by atoms with Gasteiger partial charge in [-0.25, -0.2) is 0 Å². The van der Waals surface area contributed by atoms with Gasteiger partial charge in [-0.1, -0.05) is 0 Å². The standard InChI is InChI=1S/C14H21N3O2/c1-10-13-9-16(11(2)18)6-3-14(13)17(15-10)12-4-7-19-8-5-12/h12H,3-9H2,1-2H3. The van der Waals surface area contributed by atoms with Crippen molar-refractivity contribution >= 4 is 5.91 Å². The van der Waals surface area contributed by atoms with E-state index in [0.717, 1.165) is 51.3 Å². The lowest BCUT2D eigenvalue weighted by molar-refractivity contribution is -0.129. The smallest absolute Gasteiger partial charge is 0.219 e. The molecular weight excluding hydrogens is 242 g/mol. The van der Waals surface area contributed by atoms with E-state index in [1.165, 1.54) is 11.3 Å². The average Bonchev–Trinajstić information content (AvgIpc) is 2.77. The lowest BCUT2D eigenvalue weighted by Gasteiger charge is -2.29. The second-order valence-corrected chi connectivity index (χ2v) is 5.49. The summed E-state index contributed by atoms with van der Waals surface area (Å²) in [5, 5.41) is 4.73. The molecule has 3 heterocycles. The minimum atomic E-state index is 0.156. The summed E-state index contributed by atoms with van der Waals surface area (Å²) < 4.78 is 7.64. The summed E-state index contributed by atoms with van der Waals surface area (Å²) in [7, 11) is 0. The Hall–Kier alpha value is -1.36. The SMILES string of the molecule is CC(=O)N1CCc2c(c(C)nn2C2CCOCC2)C1. The van der Waals surface area contributed by atoms with Gasteiger partial charge >= 0.3 is 0 Å². The van der Waals surface area contributed by atoms with Crippen LogP contribution in [0.4, 0.5) is 0 Å². The summed E-state index contributed by atoms with van der Waals surface area (Å²) in [6.07, 6.45) is 3.01. The predicted octanol–water partition coefficient (Wildman–Crippen LogP) is 1.45. The van der Waals surface area contributed by atoms with Crippen molar-refractivity contribution in [3.8, 4) is 0 Å². The Kier molecular flexibility index (Phi) is 3.31. The van der Waals surface area contributed by atoms with Crippen LogP contribution in [0.2, 0.25) is 0 Å². The van der Waals surface area contributed by atoms with E-state index in [9.17, 15) is 4.79 Å². The maximum absolute atomic E-state index is 11.5. The van der Waals surface area contributed by atoms with Gasteiger partial charge in [-0.05, 0) is 19.8 Å². The van der Waals surface area contributed by atoms with Crippen molar-refractivity contribution in [2.75, 3.05) is 19.8 Å². The first-order valence-electron chi connectivity index (χ1n) is 7.07. The van der Waals surface area contributed by atoms with Gasteiger partial charge in [0.05, 0.1) is 11.7 Å². The summed E-state index contributed by atoms with van der Waals surface area (Å²) in [5.74, 6) is 0.156. The number of amides is 1. The number of nitrogens with zero attached hydrogens (tertiary/aromatic N) is 3. The molecule has 1 aromatic heterocycles. The van der Waals surface area contributed by atoms with Crippen LogP contribution < -0.4 is 0 Å². The van der Waals surface area contributed by atoms with Crippen LogP contribution in [0.5, 0.6) is 0 Å². The van der Waals surface area contributed by atoms with Gasteiger partial charge in [0.15, 0.2) is 0 Å². The number of ether oxygens (including phenoxy) is 1. The molecule has 1 fully saturated rings. The largest absolute Gasteiger partial charge is 0.381 e. The quantitative estimate of drug-likeness (QED) is 0.770. The molecule has 2 aliphatic rings. The third-order valence-electron chi connectivity index (χ3n) is 4.27. The van der Waals surface area contributed by atoms with Crippen LogP contribution >= 0.6 is 0 Å². The first kappa shape index (κ1) is 12.7. The number of fused-ring (bicyclic) bond motifs is 1. The summed E-state index contributed by atoms with van der Waals surface area (Å²) in [4.78, 5) is 13.4. The molecule has 19 heavy (non-hydrogen) atoms. The number of rotatable bonds is 1. The van der Waals surface area contributed by atoms with Crippen molar-refractivity contribution in [2.45, 2.75) is 45.7 Å². The van der Waals surface area contributed by atoms with Crippen LogP contribution in [-0.2, 0) is 22.5 Å². The number of hydrogen-bond donors (Lipinski definition) is 0. The molecule has 5 heteroatoms. The van der Waals surface area contributed by atoms with Gasteiger partial charge in [-0.3, -0.25) is 9.48 Å². The van der Waals surface area contributed by atoms with Crippen LogP contribution in [0, 0.1) is 6.92 Å². The maximum atomic E-state index is 11.5. The zero-order valence-corrected chi connectivity index (χ0v) is 11.7. The molecule has 0 saturated carbocycles. The molecule has 0 radical (unpaired) electrons. The Morgan fingerprint density at radius 1 is 1.37 bits per heavy atom. The third-order valence-corrected chi connectivity index (χ3v) is 4.27. The van der Waals surface area contributed by atoms with E-state index in [1.807, 2.05) is 4.90 Å². The first-order chi connectivity index (χ1) is 9.16. The lowest BCUT2D eigenvalue weighted by atomic mass is 10.0. The Balaban J connectivity index is 1.89. The van der Waals surface area contributed by atoms with E-state index in [0.29, 0.717) is 6.04 Å². The van der Waals surface area contributed by atoms with Crippen molar-refractivity contribution in [3.63, 3.8) is 0 Å². The van der Waals surface area contributed by atoms with Crippen LogP contribution in [0.3, 0.4) is 0 Å². The van der Waals surface area contributed by atoms with Crippen LogP contribution in [0.15, 0.2) is 0 Å². The number of aromatic nitrogens is 2. The molecule has 1 amide bonds. The maximum Gasteiger partial charge on any atom is 0.219 e. The average molecular weight is 263 g/mol. The highest BCUT2D eigenvalue weighted by Gasteiger charge is 2.28. The van der Waals surface area contributed by atoms with Gasteiger partial charge in [0.1, 0.15) is 0 Å². The van der Waals surface area contributed by atoms with Crippen LogP contribution in [0.25, 0.3) is 0 Å². The topological polar surface area (TPSA) is 47.4 Å². The van der Waals surface area contributed by atoms with E-state index in [1.54, 1.807) is 6.92 Å². The Morgan fingerprint density at radius 2 is 2.11 bits per heavy atom. The molecule has 0 bridgehead atoms. The normalized spacial score (nSPS) is 20.4. The second-order valence-electron chi connectivity index (χ2n) is 5.49. The molecule has 0 aliphatic carbocycles. The number of hydrogen-bond acceptors (Lipinski definition) is 3. The third kappa shape index (κ3) is 2.27. The Morgan fingerprint density at radius 3 is 2.79 bits per heavy atom. The molecule has 0 unspecified atom stereocenters. The van der Waals surface area contributed by atoms with Gasteiger partial charge in [0, 0.05) is 50.9 Å². The predicted molar refractivity (Wildman–Crippen MR) is 70.8 cm³/mol. The van der Waals surface area contributed by atoms with Gasteiger partial charge in [0.25, 0.3) is 0 Å². The zero-order chi connectivity index (χ0) is 13.4. The monoisotopic (exact) mass is 263 g/mol. The van der Waals surface area contributed by atoms with Crippen molar-refractivity contribution in [2.24, 2.45) is 0 Å². The summed E-state index contributed by atoms with van der Waals surface area (Å²) >= 11 is 0. The second kappa shape index (κ2) is 4.96. The highest BCUT2D eigenvalue weighted by atomic mass is 16.5. The highest BCUT2D eigenvalue weighted by molar-refractivity contribution is 5.73. The van der Waals surface area contributed by atoms with Gasteiger partial charge in [-0.2, -0.15) is 5.10 Å². The number of carbonyl (C=O) groups excluding carboxylic acids is 1. The van der Waals surface area contributed by atoms with Crippen LogP contribution in [-0.4, -0.2) is 40.3 Å². The van der Waals surface area contributed by atoms with Crippen molar-refractivity contribution in [3.05, 3.63) is 17.0 Å². The van der Waals surface area contributed by atoms with E-state index < -0.39 is 0 Å². The minimum Gasteiger partial charge on any atom is -0.381 e. The van der Waals surface area contributed by atoms with Crippen molar-refractivity contribution in [1.82, 2.24) is 14.7 Å². The molecule has 0 atom stereocenters. The van der Waals surface area contributed by atoms with Crippen LogP contribution in [0.1, 0.15) is 42.8 Å². The molecule has 0 spiro atoms. The summed E-state index contributed by atoms with van der Waals surface area (Å²) in [5.41, 5.74) is 3.67. The molecule has 1 saturated heterocycles. The number of carbonyl (C=O) groups is 1. The highest BCUT2D eigenvalue weighted by Crippen LogP contribution is 2.28. The fraction of sp³-hybridized carbons (Fsp3) is 0.714. The molecular formula is C14H21N3O2. The van der Waals surface area contributed by atoms with Gasteiger partial charge < -0.3 is 9.64 Å². The zero-order valence-electron chi connectivity index (χ0n) is 11.7. The van der Waals surface area contributed by atoms with E-state index in [2.05, 4.69) is 11.6 Å². The molecule has 104 valence electrons. The summed E-state index contributed by atoms with van der Waals surface area (Å²) in [6, 6.07) is 0.472. The minimum absolute atomic E-state index is 0.156. The molecule has 0 aromatic carbocycles. The van der Waals surface area contributed by atoms with Gasteiger partial charge in [0.2, 0.25) is 5.91 Å².